The number of fused-ring (bicyclic) bond motifs is 3. The van der Waals surface area contributed by atoms with E-state index in [0.29, 0.717) is 0 Å². The Hall–Kier alpha value is -2.91. The maximum Gasteiger partial charge on any atom is 0.105 e. The second-order valence-corrected chi connectivity index (χ2v) is 6.51. The molecule has 25 heavy (non-hydrogen) atoms. The van der Waals surface area contributed by atoms with Gasteiger partial charge in [-0.3, -0.25) is 4.99 Å². The quantitative estimate of drug-likeness (QED) is 0.715. The van der Waals surface area contributed by atoms with E-state index in [1.54, 1.807) is 0 Å². The third-order valence-corrected chi connectivity index (χ3v) is 4.65. The molecule has 0 aliphatic heterocycles. The van der Waals surface area contributed by atoms with E-state index in [4.69, 9.17) is 0 Å². The van der Waals surface area contributed by atoms with Crippen molar-refractivity contribution in [1.29, 1.82) is 0 Å². The second kappa shape index (κ2) is 6.19. The molecule has 1 atom stereocenters. The van der Waals surface area contributed by atoms with Crippen LogP contribution in [0, 0.1) is 0 Å². The van der Waals surface area contributed by atoms with E-state index in [0.717, 1.165) is 39.2 Å². The molecule has 3 aromatic rings. The van der Waals surface area contributed by atoms with Crippen molar-refractivity contribution >= 4 is 17.6 Å². The molecule has 0 amide bonds. The molecule has 0 bridgehead atoms. The Morgan fingerprint density at radius 3 is 2.36 bits per heavy atom. The number of nitrogens with zero attached hydrogens (tertiary/aromatic N) is 2. The summed E-state index contributed by atoms with van der Waals surface area (Å²) in [5.74, 6) is 0. The fraction of sp³-hybridized carbons (Fsp3) is 0.136. The number of aliphatic hydroxyl groups is 1. The summed E-state index contributed by atoms with van der Waals surface area (Å²) in [6, 6.07) is 22.3. The molecule has 3 aromatic carbocycles. The van der Waals surface area contributed by atoms with E-state index in [-0.39, 0.29) is 0 Å². The van der Waals surface area contributed by atoms with Gasteiger partial charge >= 0.3 is 0 Å². The van der Waals surface area contributed by atoms with Gasteiger partial charge < -0.3 is 10.0 Å². The van der Waals surface area contributed by atoms with Crippen LogP contribution in [0.15, 0.2) is 71.7 Å². The molecule has 0 heterocycles. The van der Waals surface area contributed by atoms with Crippen molar-refractivity contribution in [2.75, 3.05) is 19.0 Å². The van der Waals surface area contributed by atoms with Crippen molar-refractivity contribution in [3.05, 3.63) is 83.4 Å². The van der Waals surface area contributed by atoms with E-state index in [1.165, 1.54) is 0 Å². The highest BCUT2D eigenvalue weighted by Gasteiger charge is 2.26. The lowest BCUT2D eigenvalue weighted by Gasteiger charge is -2.11. The first-order valence-corrected chi connectivity index (χ1v) is 8.36. The van der Waals surface area contributed by atoms with Crippen molar-refractivity contribution in [2.45, 2.75) is 6.10 Å². The van der Waals surface area contributed by atoms with Crippen molar-refractivity contribution in [3.63, 3.8) is 0 Å². The summed E-state index contributed by atoms with van der Waals surface area (Å²) in [5, 5.41) is 10.6. The number of hydrogen-bond acceptors (Lipinski definition) is 3. The Labute approximate surface area is 147 Å². The lowest BCUT2D eigenvalue weighted by Crippen LogP contribution is -2.08. The Balaban J connectivity index is 1.61. The zero-order valence-electron chi connectivity index (χ0n) is 14.3. The molecule has 124 valence electrons. The van der Waals surface area contributed by atoms with Gasteiger partial charge in [-0.1, -0.05) is 42.5 Å². The van der Waals surface area contributed by atoms with Crippen LogP contribution in [-0.4, -0.2) is 25.4 Å². The maximum atomic E-state index is 10.6. The minimum atomic E-state index is -0.569. The van der Waals surface area contributed by atoms with Gasteiger partial charge in [-0.2, -0.15) is 0 Å². The SMILES string of the molecule is CN(C)c1ccc(C=Nc2ccc3c(c2)C(O)c2ccccc2-3)cc1. The summed E-state index contributed by atoms with van der Waals surface area (Å²) in [7, 11) is 4.05. The van der Waals surface area contributed by atoms with E-state index in [1.807, 2.05) is 56.7 Å². The summed E-state index contributed by atoms with van der Waals surface area (Å²) in [6.45, 7) is 0. The topological polar surface area (TPSA) is 35.8 Å². The number of rotatable bonds is 3. The lowest BCUT2D eigenvalue weighted by atomic mass is 10.1. The minimum absolute atomic E-state index is 0.569. The van der Waals surface area contributed by atoms with Gasteiger partial charge in [0.1, 0.15) is 6.10 Å². The maximum absolute atomic E-state index is 10.6. The number of aliphatic imine (C=N–C) groups is 1. The predicted molar refractivity (Wildman–Crippen MR) is 104 cm³/mol. The van der Waals surface area contributed by atoms with Gasteiger partial charge in [0.25, 0.3) is 0 Å². The van der Waals surface area contributed by atoms with Gasteiger partial charge in [-0.25, -0.2) is 0 Å². The smallest absolute Gasteiger partial charge is 0.105 e. The Kier molecular flexibility index (Phi) is 3.86. The van der Waals surface area contributed by atoms with Gasteiger partial charge in [0.15, 0.2) is 0 Å². The molecule has 0 radical (unpaired) electrons. The Bertz CT molecular complexity index is 942. The molecule has 0 aromatic heterocycles. The number of anilines is 1. The molecule has 3 nitrogen and oxygen atoms in total. The van der Waals surface area contributed by atoms with Crippen molar-refractivity contribution in [1.82, 2.24) is 0 Å². The zero-order valence-corrected chi connectivity index (χ0v) is 14.3. The monoisotopic (exact) mass is 328 g/mol. The van der Waals surface area contributed by atoms with Gasteiger partial charge in [-0.15, -0.1) is 0 Å². The molecule has 1 aliphatic carbocycles. The van der Waals surface area contributed by atoms with Crippen LogP contribution in [0.1, 0.15) is 22.8 Å². The van der Waals surface area contributed by atoms with Gasteiger partial charge in [0.05, 0.1) is 5.69 Å². The van der Waals surface area contributed by atoms with Crippen LogP contribution < -0.4 is 4.90 Å². The zero-order chi connectivity index (χ0) is 17.4. The number of hydrogen-bond donors (Lipinski definition) is 1. The molecule has 1 aliphatic rings. The van der Waals surface area contributed by atoms with Crippen LogP contribution in [0.4, 0.5) is 11.4 Å². The third-order valence-electron chi connectivity index (χ3n) is 4.65. The normalized spacial score (nSPS) is 15.2. The highest BCUT2D eigenvalue weighted by atomic mass is 16.3. The fourth-order valence-electron chi connectivity index (χ4n) is 3.26. The minimum Gasteiger partial charge on any atom is -0.384 e. The van der Waals surface area contributed by atoms with E-state index in [9.17, 15) is 5.11 Å². The van der Waals surface area contributed by atoms with E-state index >= 15 is 0 Å². The summed E-state index contributed by atoms with van der Waals surface area (Å²) >= 11 is 0. The van der Waals surface area contributed by atoms with Crippen molar-refractivity contribution in [3.8, 4) is 11.1 Å². The summed E-state index contributed by atoms with van der Waals surface area (Å²) < 4.78 is 0. The molecular weight excluding hydrogens is 308 g/mol. The van der Waals surface area contributed by atoms with Crippen molar-refractivity contribution in [2.24, 2.45) is 4.99 Å². The van der Waals surface area contributed by atoms with Crippen LogP contribution in [0.25, 0.3) is 11.1 Å². The largest absolute Gasteiger partial charge is 0.384 e. The highest BCUT2D eigenvalue weighted by molar-refractivity contribution is 5.84. The van der Waals surface area contributed by atoms with Crippen LogP contribution in [0.3, 0.4) is 0 Å². The van der Waals surface area contributed by atoms with E-state index in [2.05, 4.69) is 40.2 Å². The molecule has 0 saturated carbocycles. The standard InChI is InChI=1S/C22H20N2O/c1-24(2)17-10-7-15(8-11-17)14-23-16-9-12-19-18-5-3-4-6-20(18)22(25)21(19)13-16/h3-14,22,25H,1-2H3. The Morgan fingerprint density at radius 2 is 1.60 bits per heavy atom. The van der Waals surface area contributed by atoms with Crippen LogP contribution in [0.2, 0.25) is 0 Å². The predicted octanol–water partition coefficient (Wildman–Crippen LogP) is 4.57. The third kappa shape index (κ3) is 2.83. The molecular formula is C22H20N2O. The molecule has 1 N–H and O–H groups in total. The van der Waals surface area contributed by atoms with Crippen LogP contribution >= 0.6 is 0 Å². The van der Waals surface area contributed by atoms with Gasteiger partial charge in [-0.05, 0) is 52.1 Å². The second-order valence-electron chi connectivity index (χ2n) is 6.51. The number of aliphatic hydroxyl groups excluding tert-OH is 1. The summed E-state index contributed by atoms with van der Waals surface area (Å²) in [4.78, 5) is 6.65. The summed E-state index contributed by atoms with van der Waals surface area (Å²) in [5.41, 5.74) is 7.17. The first-order valence-electron chi connectivity index (χ1n) is 8.36. The molecule has 0 spiro atoms. The first-order chi connectivity index (χ1) is 12.1. The molecule has 0 fully saturated rings. The van der Waals surface area contributed by atoms with Crippen molar-refractivity contribution < 1.29 is 5.11 Å². The Morgan fingerprint density at radius 1 is 0.880 bits per heavy atom. The molecule has 0 saturated heterocycles. The fourth-order valence-corrected chi connectivity index (χ4v) is 3.26. The van der Waals surface area contributed by atoms with Crippen LogP contribution in [0.5, 0.6) is 0 Å². The number of benzene rings is 3. The average molecular weight is 328 g/mol. The van der Waals surface area contributed by atoms with Gasteiger partial charge in [0.2, 0.25) is 0 Å². The van der Waals surface area contributed by atoms with Gasteiger partial charge in [0, 0.05) is 26.0 Å². The summed E-state index contributed by atoms with van der Waals surface area (Å²) in [6.07, 6.45) is 1.29. The molecule has 1 unspecified atom stereocenters. The first kappa shape index (κ1) is 15.6. The molecule has 3 heteroatoms. The lowest BCUT2D eigenvalue weighted by molar-refractivity contribution is 0.225. The molecule has 4 rings (SSSR count). The average Bonchev–Trinajstić information content (AvgIpc) is 2.93. The van der Waals surface area contributed by atoms with Crippen LogP contribution in [-0.2, 0) is 0 Å². The highest BCUT2D eigenvalue weighted by Crippen LogP contribution is 2.44. The van der Waals surface area contributed by atoms with E-state index < -0.39 is 6.10 Å².